The van der Waals surface area contributed by atoms with Gasteiger partial charge >= 0.3 is 0 Å². The molecule has 1 aliphatic rings. The fourth-order valence-corrected chi connectivity index (χ4v) is 4.35. The fourth-order valence-electron chi connectivity index (χ4n) is 4.35. The smallest absolute Gasteiger partial charge is 0.179 e. The fraction of sp³-hybridized carbons (Fsp3) is 0.556. The zero-order chi connectivity index (χ0) is 16.5. The van der Waals surface area contributed by atoms with Crippen LogP contribution in [0.4, 0.5) is 0 Å². The van der Waals surface area contributed by atoms with E-state index < -0.39 is 0 Å². The van der Waals surface area contributed by atoms with Crippen LogP contribution >= 0.6 is 0 Å². The molecule has 1 N–H and O–H groups in total. The maximum Gasteiger partial charge on any atom is 0.179 e. The highest BCUT2D eigenvalue weighted by Gasteiger charge is 2.36. The quantitative estimate of drug-likeness (QED) is 0.724. The molecule has 0 aromatic carbocycles. The number of nitriles is 1. The average molecular weight is 322 g/mol. The van der Waals surface area contributed by atoms with Crippen LogP contribution in [0.25, 0.3) is 16.8 Å². The van der Waals surface area contributed by atoms with Gasteiger partial charge in [0.05, 0.1) is 17.8 Å². The van der Waals surface area contributed by atoms with Crippen molar-refractivity contribution in [3.63, 3.8) is 0 Å². The highest BCUT2D eigenvalue weighted by atomic mass is 15.3. The normalized spacial score (nSPS) is 23.9. The molecule has 1 aliphatic carbocycles. The Kier molecular flexibility index (Phi) is 3.93. The van der Waals surface area contributed by atoms with Gasteiger partial charge in [-0.15, -0.1) is 10.2 Å². The molecular formula is C18H22N6. The summed E-state index contributed by atoms with van der Waals surface area (Å²) >= 11 is 0. The van der Waals surface area contributed by atoms with Crippen LogP contribution in [0.3, 0.4) is 0 Å². The van der Waals surface area contributed by atoms with Crippen molar-refractivity contribution in [2.45, 2.75) is 51.4 Å². The van der Waals surface area contributed by atoms with Crippen molar-refractivity contribution >= 4 is 16.8 Å². The van der Waals surface area contributed by atoms with E-state index >= 15 is 0 Å². The molecule has 0 unspecified atom stereocenters. The molecule has 3 aromatic rings. The van der Waals surface area contributed by atoms with Gasteiger partial charge in [0.25, 0.3) is 0 Å². The zero-order valence-electron chi connectivity index (χ0n) is 13.9. The number of hydrogen-bond donors (Lipinski definition) is 1. The highest BCUT2D eigenvalue weighted by Crippen LogP contribution is 2.46. The van der Waals surface area contributed by atoms with Crippen LogP contribution in [0.15, 0.2) is 18.5 Å². The molecule has 0 saturated heterocycles. The van der Waals surface area contributed by atoms with E-state index in [1.54, 1.807) is 6.20 Å². The van der Waals surface area contributed by atoms with Gasteiger partial charge in [0.2, 0.25) is 0 Å². The van der Waals surface area contributed by atoms with Gasteiger partial charge in [-0.05, 0) is 43.6 Å². The molecule has 0 radical (unpaired) electrons. The molecule has 0 spiro atoms. The molecule has 1 saturated carbocycles. The number of unbranched alkanes of at least 4 members (excludes halogenated alkanes) is 1. The number of aromatic nitrogens is 5. The lowest BCUT2D eigenvalue weighted by molar-refractivity contribution is 0.435. The Morgan fingerprint density at radius 2 is 2.29 bits per heavy atom. The number of aromatic amines is 1. The lowest BCUT2D eigenvalue weighted by atomic mass is 9.93. The van der Waals surface area contributed by atoms with Gasteiger partial charge in [-0.3, -0.25) is 4.40 Å². The molecule has 0 aliphatic heterocycles. The molecule has 3 aromatic heterocycles. The van der Waals surface area contributed by atoms with Crippen LogP contribution in [0.2, 0.25) is 0 Å². The molecule has 0 bridgehead atoms. The third-order valence-electron chi connectivity index (χ3n) is 5.52. The maximum absolute atomic E-state index is 8.76. The summed E-state index contributed by atoms with van der Waals surface area (Å²) in [6.07, 6.45) is 10.1. The van der Waals surface area contributed by atoms with E-state index in [0.717, 1.165) is 48.3 Å². The minimum absolute atomic E-state index is 0.442. The summed E-state index contributed by atoms with van der Waals surface area (Å²) in [7, 11) is 0. The second-order valence-corrected chi connectivity index (χ2v) is 6.88. The number of nitrogens with zero attached hydrogens (tertiary/aromatic N) is 5. The summed E-state index contributed by atoms with van der Waals surface area (Å²) in [5, 5.41) is 17.7. The Morgan fingerprint density at radius 3 is 3.12 bits per heavy atom. The standard InChI is InChI=1S/C18H22N6/c1-2-13-9-12(5-3-4-7-19)10-14(13)18-23-22-16-11-21-17-15(24(16)18)6-8-20-17/h6,8,11-14,20H,2-5,9-10H2,1H3/t12-,13-,14+/m1/s1. The maximum atomic E-state index is 8.76. The predicted molar refractivity (Wildman–Crippen MR) is 91.3 cm³/mol. The molecule has 6 heteroatoms. The van der Waals surface area contributed by atoms with Crippen LogP contribution in [0.1, 0.15) is 57.2 Å². The molecule has 1 fully saturated rings. The number of H-pyrrole nitrogens is 1. The number of fused-ring (bicyclic) bond motifs is 3. The van der Waals surface area contributed by atoms with Crippen molar-refractivity contribution in [2.75, 3.05) is 0 Å². The van der Waals surface area contributed by atoms with E-state index in [2.05, 4.69) is 37.6 Å². The first-order chi connectivity index (χ1) is 11.8. The van der Waals surface area contributed by atoms with E-state index in [1.165, 1.54) is 6.42 Å². The van der Waals surface area contributed by atoms with Crippen LogP contribution in [0, 0.1) is 23.2 Å². The molecule has 24 heavy (non-hydrogen) atoms. The van der Waals surface area contributed by atoms with Crippen LogP contribution in [-0.4, -0.2) is 24.6 Å². The Hall–Kier alpha value is -2.42. The van der Waals surface area contributed by atoms with Crippen molar-refractivity contribution in [3.8, 4) is 6.07 Å². The van der Waals surface area contributed by atoms with E-state index in [9.17, 15) is 0 Å². The Balaban J connectivity index is 1.68. The van der Waals surface area contributed by atoms with Gasteiger partial charge in [0.1, 0.15) is 5.82 Å². The summed E-state index contributed by atoms with van der Waals surface area (Å²) in [4.78, 5) is 7.57. The predicted octanol–water partition coefficient (Wildman–Crippen LogP) is 3.82. The number of rotatable bonds is 5. The second kappa shape index (κ2) is 6.23. The largest absolute Gasteiger partial charge is 0.345 e. The first-order valence-electron chi connectivity index (χ1n) is 8.85. The lowest BCUT2D eigenvalue weighted by Crippen LogP contribution is -2.09. The summed E-state index contributed by atoms with van der Waals surface area (Å²) in [5.41, 5.74) is 2.75. The van der Waals surface area contributed by atoms with E-state index in [1.807, 2.05) is 12.3 Å². The number of nitrogens with one attached hydrogen (secondary N) is 1. The molecular weight excluding hydrogens is 300 g/mol. The summed E-state index contributed by atoms with van der Waals surface area (Å²) < 4.78 is 2.17. The second-order valence-electron chi connectivity index (χ2n) is 6.88. The molecule has 3 atom stereocenters. The molecule has 6 nitrogen and oxygen atoms in total. The highest BCUT2D eigenvalue weighted by molar-refractivity contribution is 5.74. The van der Waals surface area contributed by atoms with Gasteiger partial charge in [-0.25, -0.2) is 4.98 Å². The zero-order valence-corrected chi connectivity index (χ0v) is 13.9. The summed E-state index contributed by atoms with van der Waals surface area (Å²) in [5.74, 6) is 2.86. The van der Waals surface area contributed by atoms with E-state index in [-0.39, 0.29) is 0 Å². The summed E-state index contributed by atoms with van der Waals surface area (Å²) in [6, 6.07) is 4.30. The van der Waals surface area contributed by atoms with Gasteiger partial charge in [0.15, 0.2) is 11.3 Å². The van der Waals surface area contributed by atoms with Crippen molar-refractivity contribution in [2.24, 2.45) is 11.8 Å². The Labute approximate surface area is 140 Å². The van der Waals surface area contributed by atoms with Crippen molar-refractivity contribution in [3.05, 3.63) is 24.3 Å². The van der Waals surface area contributed by atoms with Gasteiger partial charge < -0.3 is 4.98 Å². The molecule has 4 rings (SSSR count). The van der Waals surface area contributed by atoms with Crippen LogP contribution < -0.4 is 0 Å². The molecule has 0 amide bonds. The first-order valence-corrected chi connectivity index (χ1v) is 8.85. The first kappa shape index (κ1) is 15.1. The van der Waals surface area contributed by atoms with E-state index in [0.29, 0.717) is 24.2 Å². The number of hydrogen-bond acceptors (Lipinski definition) is 4. The third kappa shape index (κ3) is 2.44. The Morgan fingerprint density at radius 1 is 1.38 bits per heavy atom. The SMILES string of the molecule is CC[C@@H]1C[C@@H](CCCC#N)C[C@@H]1c1nnc2cnc3[nH]ccc3n12. The van der Waals surface area contributed by atoms with Crippen LogP contribution in [0.5, 0.6) is 0 Å². The van der Waals surface area contributed by atoms with Gasteiger partial charge in [-0.1, -0.05) is 13.3 Å². The summed E-state index contributed by atoms with van der Waals surface area (Å²) in [6.45, 7) is 2.27. The van der Waals surface area contributed by atoms with Gasteiger partial charge in [-0.2, -0.15) is 5.26 Å². The topological polar surface area (TPSA) is 82.7 Å². The lowest BCUT2D eigenvalue weighted by Gasteiger charge is -2.16. The average Bonchev–Trinajstić information content (AvgIpc) is 3.31. The van der Waals surface area contributed by atoms with Crippen molar-refractivity contribution < 1.29 is 0 Å². The Bertz CT molecular complexity index is 886. The third-order valence-corrected chi connectivity index (χ3v) is 5.52. The van der Waals surface area contributed by atoms with Crippen LogP contribution in [-0.2, 0) is 0 Å². The molecule has 3 heterocycles. The van der Waals surface area contributed by atoms with Crippen molar-refractivity contribution in [1.29, 1.82) is 5.26 Å². The van der Waals surface area contributed by atoms with Gasteiger partial charge in [0, 0.05) is 18.5 Å². The van der Waals surface area contributed by atoms with Crippen molar-refractivity contribution in [1.82, 2.24) is 24.6 Å². The molecule has 124 valence electrons. The minimum Gasteiger partial charge on any atom is -0.345 e. The monoisotopic (exact) mass is 322 g/mol. The van der Waals surface area contributed by atoms with E-state index in [4.69, 9.17) is 5.26 Å². The minimum atomic E-state index is 0.442.